The Kier molecular flexibility index (Phi) is 3.32. The van der Waals surface area contributed by atoms with Gasteiger partial charge in [-0.1, -0.05) is 0 Å². The molecule has 0 atom stereocenters. The Hall–Kier alpha value is -0.570. The molecule has 0 aromatic carbocycles. The molecule has 0 saturated heterocycles. The van der Waals surface area contributed by atoms with Gasteiger partial charge in [0.1, 0.15) is 0 Å². The zero-order chi connectivity index (χ0) is 5.70. The minimum Gasteiger partial charge on any atom is -0.484 e. The summed E-state index contributed by atoms with van der Waals surface area (Å²) in [7, 11) is 1.41. The fraction of sp³-hybridized carbons (Fsp3) is 0.750. The number of methoxy groups -OCH3 is 1. The van der Waals surface area contributed by atoms with Crippen molar-refractivity contribution in [1.82, 2.24) is 0 Å². The van der Waals surface area contributed by atoms with Gasteiger partial charge < -0.3 is 9.84 Å². The molecule has 0 heterocycles. The standard InChI is InChI=1S/C4H9NO2/c1-7-4(5)2-3-6/h5-6H,2-3H2,1H3. The normalized spacial score (nSPS) is 8.29. The van der Waals surface area contributed by atoms with Gasteiger partial charge in [-0.3, -0.25) is 5.41 Å². The highest BCUT2D eigenvalue weighted by atomic mass is 16.5. The van der Waals surface area contributed by atoms with Gasteiger partial charge in [-0.05, 0) is 0 Å². The van der Waals surface area contributed by atoms with Crippen LogP contribution < -0.4 is 0 Å². The van der Waals surface area contributed by atoms with Crippen LogP contribution >= 0.6 is 0 Å². The maximum Gasteiger partial charge on any atom is 0.182 e. The van der Waals surface area contributed by atoms with Gasteiger partial charge in [-0.25, -0.2) is 0 Å². The Morgan fingerprint density at radius 1 is 1.86 bits per heavy atom. The molecule has 0 aliphatic rings. The number of nitrogens with one attached hydrogen (secondary N) is 1. The molecule has 0 unspecified atom stereocenters. The van der Waals surface area contributed by atoms with Crippen molar-refractivity contribution in [3.63, 3.8) is 0 Å². The molecular formula is C4H9NO2. The molecule has 0 aromatic heterocycles. The van der Waals surface area contributed by atoms with Crippen LogP contribution in [-0.2, 0) is 4.74 Å². The Balaban J connectivity index is 3.00. The molecule has 7 heavy (non-hydrogen) atoms. The monoisotopic (exact) mass is 103 g/mol. The third kappa shape index (κ3) is 3.26. The first-order valence-corrected chi connectivity index (χ1v) is 2.03. The van der Waals surface area contributed by atoms with Crippen molar-refractivity contribution in [3.05, 3.63) is 0 Å². The predicted octanol–water partition coefficient (Wildman–Crippen LogP) is -0.00753. The SMILES string of the molecule is COC(=N)CCO. The van der Waals surface area contributed by atoms with Gasteiger partial charge in [-0.2, -0.15) is 0 Å². The van der Waals surface area contributed by atoms with Crippen LogP contribution in [0.2, 0.25) is 0 Å². The van der Waals surface area contributed by atoms with Gasteiger partial charge in [-0.15, -0.1) is 0 Å². The molecule has 0 amide bonds. The number of aliphatic hydroxyl groups is 1. The number of rotatable bonds is 2. The Labute approximate surface area is 42.4 Å². The molecule has 0 aliphatic carbocycles. The second-order valence-electron chi connectivity index (χ2n) is 1.10. The second-order valence-corrected chi connectivity index (χ2v) is 1.10. The lowest BCUT2D eigenvalue weighted by Crippen LogP contribution is -2.00. The quantitative estimate of drug-likeness (QED) is 0.381. The highest BCUT2D eigenvalue weighted by Crippen LogP contribution is 1.79. The highest BCUT2D eigenvalue weighted by molar-refractivity contribution is 5.72. The molecule has 0 spiro atoms. The lowest BCUT2D eigenvalue weighted by molar-refractivity contribution is 0.288. The smallest absolute Gasteiger partial charge is 0.182 e. The van der Waals surface area contributed by atoms with E-state index in [9.17, 15) is 0 Å². The van der Waals surface area contributed by atoms with Crippen LogP contribution in [0.1, 0.15) is 6.42 Å². The van der Waals surface area contributed by atoms with Gasteiger partial charge >= 0.3 is 0 Å². The summed E-state index contributed by atoms with van der Waals surface area (Å²) in [6, 6.07) is 0. The van der Waals surface area contributed by atoms with Crippen LogP contribution in [0.3, 0.4) is 0 Å². The van der Waals surface area contributed by atoms with Gasteiger partial charge in [0.2, 0.25) is 0 Å². The summed E-state index contributed by atoms with van der Waals surface area (Å²) in [5.74, 6) is 0.127. The zero-order valence-corrected chi connectivity index (χ0v) is 4.27. The van der Waals surface area contributed by atoms with E-state index in [-0.39, 0.29) is 12.5 Å². The van der Waals surface area contributed by atoms with Gasteiger partial charge in [0.15, 0.2) is 5.90 Å². The highest BCUT2D eigenvalue weighted by Gasteiger charge is 1.88. The van der Waals surface area contributed by atoms with Crippen molar-refractivity contribution in [2.45, 2.75) is 6.42 Å². The number of hydrogen-bond acceptors (Lipinski definition) is 3. The van der Waals surface area contributed by atoms with Crippen LogP contribution in [0.5, 0.6) is 0 Å². The number of ether oxygens (including phenoxy) is 1. The summed E-state index contributed by atoms with van der Waals surface area (Å²) >= 11 is 0. The first-order valence-electron chi connectivity index (χ1n) is 2.03. The van der Waals surface area contributed by atoms with Crippen molar-refractivity contribution in [3.8, 4) is 0 Å². The van der Waals surface area contributed by atoms with Crippen LogP contribution in [0.25, 0.3) is 0 Å². The number of aliphatic hydroxyl groups excluding tert-OH is 1. The fourth-order valence-electron chi connectivity index (χ4n) is 0.204. The van der Waals surface area contributed by atoms with E-state index < -0.39 is 0 Å². The van der Waals surface area contributed by atoms with Gasteiger partial charge in [0, 0.05) is 6.42 Å². The summed E-state index contributed by atoms with van der Waals surface area (Å²) in [6.07, 6.45) is 0.316. The zero-order valence-electron chi connectivity index (χ0n) is 4.27. The Morgan fingerprint density at radius 2 is 2.43 bits per heavy atom. The maximum absolute atomic E-state index is 8.15. The summed E-state index contributed by atoms with van der Waals surface area (Å²) in [5, 5.41) is 14.9. The molecule has 0 rings (SSSR count). The van der Waals surface area contributed by atoms with E-state index in [0.717, 1.165) is 0 Å². The fourth-order valence-corrected chi connectivity index (χ4v) is 0.204. The van der Waals surface area contributed by atoms with E-state index >= 15 is 0 Å². The lowest BCUT2D eigenvalue weighted by atomic mass is 10.5. The maximum atomic E-state index is 8.15. The molecule has 0 saturated carbocycles. The largest absolute Gasteiger partial charge is 0.484 e. The molecule has 3 heteroatoms. The van der Waals surface area contributed by atoms with Crippen LogP contribution in [0, 0.1) is 5.41 Å². The van der Waals surface area contributed by atoms with Crippen molar-refractivity contribution in [2.75, 3.05) is 13.7 Å². The van der Waals surface area contributed by atoms with Crippen molar-refractivity contribution < 1.29 is 9.84 Å². The van der Waals surface area contributed by atoms with E-state index in [1.165, 1.54) is 7.11 Å². The first kappa shape index (κ1) is 6.43. The topological polar surface area (TPSA) is 53.3 Å². The van der Waals surface area contributed by atoms with Crippen LogP contribution in [0.15, 0.2) is 0 Å². The molecule has 0 bridgehead atoms. The summed E-state index contributed by atoms with van der Waals surface area (Å²) in [4.78, 5) is 0. The van der Waals surface area contributed by atoms with E-state index in [1.807, 2.05) is 0 Å². The van der Waals surface area contributed by atoms with Gasteiger partial charge in [0.25, 0.3) is 0 Å². The molecule has 0 aliphatic heterocycles. The molecule has 0 radical (unpaired) electrons. The van der Waals surface area contributed by atoms with Crippen LogP contribution in [0.4, 0.5) is 0 Å². The third-order valence-electron chi connectivity index (χ3n) is 0.585. The number of hydrogen-bond donors (Lipinski definition) is 2. The molecular weight excluding hydrogens is 94.0 g/mol. The minimum absolute atomic E-state index is 0.00727. The van der Waals surface area contributed by atoms with E-state index in [1.54, 1.807) is 0 Å². The summed E-state index contributed by atoms with van der Waals surface area (Å²) in [5.41, 5.74) is 0. The molecule has 3 nitrogen and oxygen atoms in total. The van der Waals surface area contributed by atoms with Crippen molar-refractivity contribution in [2.24, 2.45) is 0 Å². The Morgan fingerprint density at radius 3 is 2.57 bits per heavy atom. The second kappa shape index (κ2) is 3.61. The lowest BCUT2D eigenvalue weighted by Gasteiger charge is -1.95. The van der Waals surface area contributed by atoms with E-state index in [2.05, 4.69) is 4.74 Å². The van der Waals surface area contributed by atoms with E-state index in [0.29, 0.717) is 6.42 Å². The summed E-state index contributed by atoms with van der Waals surface area (Å²) < 4.78 is 4.41. The average molecular weight is 103 g/mol. The minimum atomic E-state index is -0.00727. The van der Waals surface area contributed by atoms with Crippen molar-refractivity contribution in [1.29, 1.82) is 5.41 Å². The molecule has 2 N–H and O–H groups in total. The van der Waals surface area contributed by atoms with E-state index in [4.69, 9.17) is 10.5 Å². The Bertz CT molecular complexity index is 62.7. The molecule has 0 fully saturated rings. The molecule has 0 aromatic rings. The van der Waals surface area contributed by atoms with Gasteiger partial charge in [0.05, 0.1) is 13.7 Å². The third-order valence-corrected chi connectivity index (χ3v) is 0.585. The first-order chi connectivity index (χ1) is 3.31. The molecule has 42 valence electrons. The van der Waals surface area contributed by atoms with Crippen LogP contribution in [-0.4, -0.2) is 24.7 Å². The summed E-state index contributed by atoms with van der Waals surface area (Å²) in [6.45, 7) is -0.00727. The average Bonchev–Trinajstić information content (AvgIpc) is 1.68. The van der Waals surface area contributed by atoms with Crippen molar-refractivity contribution >= 4 is 5.90 Å². The predicted molar refractivity (Wildman–Crippen MR) is 26.4 cm³/mol.